The number of anilines is 2. The molecule has 1 fully saturated rings. The number of pyridine rings is 1. The van der Waals surface area contributed by atoms with Crippen molar-refractivity contribution in [2.45, 2.75) is 32.7 Å². The molecule has 7 heteroatoms. The van der Waals surface area contributed by atoms with Crippen LogP contribution < -0.4 is 10.2 Å². The third kappa shape index (κ3) is 3.70. The lowest BCUT2D eigenvalue weighted by atomic mass is 9.96. The Kier molecular flexibility index (Phi) is 5.04. The molecule has 0 atom stereocenters. The van der Waals surface area contributed by atoms with Gasteiger partial charge >= 0.3 is 0 Å². The van der Waals surface area contributed by atoms with Gasteiger partial charge in [0.2, 0.25) is 5.91 Å². The van der Waals surface area contributed by atoms with Crippen LogP contribution in [-0.2, 0) is 4.79 Å². The molecule has 0 aromatic carbocycles. The number of carbonyl (C=O) groups excluding carboxylic acids is 1. The highest BCUT2D eigenvalue weighted by Crippen LogP contribution is 2.24. The molecule has 1 aliphatic rings. The van der Waals surface area contributed by atoms with Crippen LogP contribution in [0.4, 0.5) is 11.6 Å². The van der Waals surface area contributed by atoms with Crippen molar-refractivity contribution in [2.24, 2.45) is 5.92 Å². The fourth-order valence-corrected chi connectivity index (χ4v) is 3.09. The van der Waals surface area contributed by atoms with Crippen LogP contribution in [0.25, 0.3) is 0 Å². The molecule has 3 rings (SSSR count). The Bertz CT molecular complexity index is 689. The lowest BCUT2D eigenvalue weighted by Gasteiger charge is -2.32. The van der Waals surface area contributed by atoms with E-state index in [1.54, 1.807) is 12.4 Å². The summed E-state index contributed by atoms with van der Waals surface area (Å²) >= 11 is 5.88. The Morgan fingerprint density at radius 3 is 2.67 bits per heavy atom. The number of hydrogen-bond donors (Lipinski definition) is 1. The predicted octanol–water partition coefficient (Wildman–Crippen LogP) is 3.37. The second-order valence-electron chi connectivity index (χ2n) is 6.34. The van der Waals surface area contributed by atoms with Crippen molar-refractivity contribution in [1.29, 1.82) is 0 Å². The van der Waals surface area contributed by atoms with Crippen LogP contribution in [0.2, 0.25) is 5.02 Å². The van der Waals surface area contributed by atoms with Crippen molar-refractivity contribution in [3.63, 3.8) is 0 Å². The first-order chi connectivity index (χ1) is 11.5. The molecule has 3 heterocycles. The van der Waals surface area contributed by atoms with Crippen molar-refractivity contribution in [3.8, 4) is 0 Å². The Morgan fingerprint density at radius 2 is 2.04 bits per heavy atom. The summed E-state index contributed by atoms with van der Waals surface area (Å²) in [4.78, 5) is 19.1. The fraction of sp³-hybridized carbons (Fsp3) is 0.471. The van der Waals surface area contributed by atoms with E-state index in [2.05, 4.69) is 20.3 Å². The average molecular weight is 348 g/mol. The number of piperidine rings is 1. The van der Waals surface area contributed by atoms with Crippen LogP contribution in [-0.4, -0.2) is 33.8 Å². The zero-order chi connectivity index (χ0) is 17.1. The van der Waals surface area contributed by atoms with Gasteiger partial charge in [0.25, 0.3) is 0 Å². The highest BCUT2D eigenvalue weighted by molar-refractivity contribution is 6.30. The summed E-state index contributed by atoms with van der Waals surface area (Å²) in [6.07, 6.45) is 4.99. The third-order valence-corrected chi connectivity index (χ3v) is 4.54. The summed E-state index contributed by atoms with van der Waals surface area (Å²) in [5.41, 5.74) is 0. The van der Waals surface area contributed by atoms with Crippen LogP contribution in [0.15, 0.2) is 30.6 Å². The van der Waals surface area contributed by atoms with E-state index in [1.807, 2.05) is 36.7 Å². The van der Waals surface area contributed by atoms with E-state index in [0.717, 1.165) is 37.6 Å². The highest BCUT2D eigenvalue weighted by atomic mass is 35.5. The Hall–Kier alpha value is -2.08. The number of amides is 1. The molecular weight excluding hydrogens is 326 g/mol. The molecule has 2 aromatic rings. The molecule has 1 aliphatic heterocycles. The molecule has 1 N–H and O–H groups in total. The maximum absolute atomic E-state index is 12.5. The number of nitrogens with zero attached hydrogens (tertiary/aromatic N) is 4. The van der Waals surface area contributed by atoms with E-state index in [4.69, 9.17) is 11.6 Å². The van der Waals surface area contributed by atoms with Crippen LogP contribution in [0.3, 0.4) is 0 Å². The van der Waals surface area contributed by atoms with Crippen LogP contribution in [0.1, 0.15) is 32.7 Å². The van der Waals surface area contributed by atoms with Gasteiger partial charge in [-0.25, -0.2) is 9.67 Å². The molecule has 0 radical (unpaired) electrons. The van der Waals surface area contributed by atoms with Gasteiger partial charge in [-0.05, 0) is 38.8 Å². The van der Waals surface area contributed by atoms with E-state index in [-0.39, 0.29) is 17.9 Å². The van der Waals surface area contributed by atoms with Crippen molar-refractivity contribution >= 4 is 29.1 Å². The van der Waals surface area contributed by atoms with Gasteiger partial charge in [0.15, 0.2) is 0 Å². The second-order valence-corrected chi connectivity index (χ2v) is 6.78. The molecule has 0 spiro atoms. The van der Waals surface area contributed by atoms with Crippen molar-refractivity contribution in [2.75, 3.05) is 23.3 Å². The van der Waals surface area contributed by atoms with E-state index in [9.17, 15) is 4.79 Å². The quantitative estimate of drug-likeness (QED) is 0.921. The molecule has 128 valence electrons. The normalized spacial score (nSPS) is 15.8. The van der Waals surface area contributed by atoms with Gasteiger partial charge in [-0.2, -0.15) is 5.10 Å². The van der Waals surface area contributed by atoms with Gasteiger partial charge in [-0.15, -0.1) is 0 Å². The van der Waals surface area contributed by atoms with Gasteiger partial charge in [0.1, 0.15) is 11.6 Å². The number of hydrogen-bond acceptors (Lipinski definition) is 4. The lowest BCUT2D eigenvalue weighted by Crippen LogP contribution is -2.38. The number of nitrogens with one attached hydrogen (secondary N) is 1. The molecule has 0 aliphatic carbocycles. The third-order valence-electron chi connectivity index (χ3n) is 4.31. The number of carbonyl (C=O) groups is 1. The Morgan fingerprint density at radius 1 is 1.29 bits per heavy atom. The Balaban J connectivity index is 1.57. The standard InChI is InChI=1S/C17H22ClN5O/c1-12(2)23-16(5-8-20-23)21-17(24)13-6-9-22(10-7-13)15-4-3-14(18)11-19-15/h3-5,8,11-13H,6-7,9-10H2,1-2H3,(H,21,24). The highest BCUT2D eigenvalue weighted by Gasteiger charge is 2.26. The summed E-state index contributed by atoms with van der Waals surface area (Å²) in [6, 6.07) is 5.82. The molecular formula is C17H22ClN5O. The maximum atomic E-state index is 12.5. The van der Waals surface area contributed by atoms with Crippen molar-refractivity contribution < 1.29 is 4.79 Å². The monoisotopic (exact) mass is 347 g/mol. The molecule has 1 saturated heterocycles. The minimum absolute atomic E-state index is 0.0177. The van der Waals surface area contributed by atoms with Crippen LogP contribution in [0.5, 0.6) is 0 Å². The fourth-order valence-electron chi connectivity index (χ4n) is 2.98. The maximum Gasteiger partial charge on any atom is 0.228 e. The number of aromatic nitrogens is 3. The molecule has 1 amide bonds. The second kappa shape index (κ2) is 7.21. The summed E-state index contributed by atoms with van der Waals surface area (Å²) in [5, 5.41) is 7.90. The summed E-state index contributed by atoms with van der Waals surface area (Å²) < 4.78 is 1.82. The summed E-state index contributed by atoms with van der Waals surface area (Å²) in [7, 11) is 0. The first-order valence-corrected chi connectivity index (χ1v) is 8.63. The average Bonchev–Trinajstić information content (AvgIpc) is 3.04. The minimum Gasteiger partial charge on any atom is -0.357 e. The molecule has 2 aromatic heterocycles. The van der Waals surface area contributed by atoms with Gasteiger partial charge in [0, 0.05) is 37.3 Å². The van der Waals surface area contributed by atoms with Crippen LogP contribution in [0, 0.1) is 5.92 Å². The van der Waals surface area contributed by atoms with E-state index >= 15 is 0 Å². The minimum atomic E-state index is 0.0177. The number of halogens is 1. The first-order valence-electron chi connectivity index (χ1n) is 8.25. The van der Waals surface area contributed by atoms with Gasteiger partial charge < -0.3 is 10.2 Å². The number of rotatable bonds is 4. The predicted molar refractivity (Wildman–Crippen MR) is 95.4 cm³/mol. The molecule has 6 nitrogen and oxygen atoms in total. The SMILES string of the molecule is CC(C)n1nccc1NC(=O)C1CCN(c2ccc(Cl)cn2)CC1. The topological polar surface area (TPSA) is 63.1 Å². The van der Waals surface area contributed by atoms with E-state index < -0.39 is 0 Å². The zero-order valence-electron chi connectivity index (χ0n) is 13.9. The largest absolute Gasteiger partial charge is 0.357 e. The van der Waals surface area contributed by atoms with Gasteiger partial charge in [0.05, 0.1) is 11.2 Å². The first kappa shape index (κ1) is 16.8. The smallest absolute Gasteiger partial charge is 0.228 e. The molecule has 0 bridgehead atoms. The molecule has 0 unspecified atom stereocenters. The van der Waals surface area contributed by atoms with E-state index in [1.165, 1.54) is 0 Å². The molecule has 0 saturated carbocycles. The van der Waals surface area contributed by atoms with Gasteiger partial charge in [-0.1, -0.05) is 11.6 Å². The lowest BCUT2D eigenvalue weighted by molar-refractivity contribution is -0.120. The summed E-state index contributed by atoms with van der Waals surface area (Å²) in [5.74, 6) is 1.76. The van der Waals surface area contributed by atoms with Crippen molar-refractivity contribution in [1.82, 2.24) is 14.8 Å². The van der Waals surface area contributed by atoms with Gasteiger partial charge in [-0.3, -0.25) is 4.79 Å². The van der Waals surface area contributed by atoms with Crippen LogP contribution >= 0.6 is 11.6 Å². The Labute approximate surface area is 146 Å². The zero-order valence-corrected chi connectivity index (χ0v) is 14.7. The van der Waals surface area contributed by atoms with Crippen molar-refractivity contribution in [3.05, 3.63) is 35.6 Å². The summed E-state index contributed by atoms with van der Waals surface area (Å²) in [6.45, 7) is 5.72. The van der Waals surface area contributed by atoms with E-state index in [0.29, 0.717) is 5.02 Å². The molecule has 24 heavy (non-hydrogen) atoms.